The molecule has 1 aromatic heterocycles. The topological polar surface area (TPSA) is 80.3 Å². The van der Waals surface area contributed by atoms with Crippen LogP contribution in [-0.2, 0) is 0 Å². The lowest BCUT2D eigenvalue weighted by atomic mass is 9.94. The Bertz CT molecular complexity index is 440. The summed E-state index contributed by atoms with van der Waals surface area (Å²) in [5, 5.41) is 12.1. The summed E-state index contributed by atoms with van der Waals surface area (Å²) in [6.07, 6.45) is 3.07. The first-order chi connectivity index (χ1) is 8.83. The highest BCUT2D eigenvalue weighted by atomic mass is 16.3. The van der Waals surface area contributed by atoms with Crippen molar-refractivity contribution in [3.63, 3.8) is 0 Å². The Morgan fingerprint density at radius 2 is 2.21 bits per heavy atom. The molecule has 0 aliphatic heterocycles. The van der Waals surface area contributed by atoms with Gasteiger partial charge in [0.1, 0.15) is 5.69 Å². The molecule has 1 atom stereocenters. The highest BCUT2D eigenvalue weighted by molar-refractivity contribution is 5.94. The molecule has 0 radical (unpaired) electrons. The molecule has 5 heteroatoms. The maximum absolute atomic E-state index is 12.4. The van der Waals surface area contributed by atoms with Crippen LogP contribution in [0.5, 0.6) is 0 Å². The van der Waals surface area contributed by atoms with Gasteiger partial charge in [-0.15, -0.1) is 0 Å². The summed E-state index contributed by atoms with van der Waals surface area (Å²) in [5.41, 5.74) is 6.52. The number of hydrogen-bond donors (Lipinski definition) is 3. The second-order valence-electron chi connectivity index (χ2n) is 5.50. The molecule has 0 aromatic carbocycles. The lowest BCUT2D eigenvalue weighted by molar-refractivity contribution is 0.0875. The third kappa shape index (κ3) is 3.73. The van der Waals surface area contributed by atoms with Crippen LogP contribution in [0.4, 0.5) is 5.69 Å². The molecule has 0 fully saturated rings. The van der Waals surface area contributed by atoms with E-state index in [9.17, 15) is 4.79 Å². The molecular weight excluding hydrogens is 242 g/mol. The van der Waals surface area contributed by atoms with Gasteiger partial charge in [-0.25, -0.2) is 0 Å². The molecule has 1 unspecified atom stereocenters. The second kappa shape index (κ2) is 6.10. The molecule has 108 valence electrons. The van der Waals surface area contributed by atoms with E-state index < -0.39 is 5.54 Å². The van der Waals surface area contributed by atoms with Gasteiger partial charge in [0.05, 0.1) is 5.69 Å². The summed E-state index contributed by atoms with van der Waals surface area (Å²) in [4.78, 5) is 12.4. The van der Waals surface area contributed by atoms with E-state index in [4.69, 9.17) is 10.8 Å². The number of anilines is 1. The van der Waals surface area contributed by atoms with Crippen LogP contribution in [0.1, 0.15) is 57.1 Å². The highest BCUT2D eigenvalue weighted by Gasteiger charge is 2.26. The van der Waals surface area contributed by atoms with Crippen molar-refractivity contribution in [1.82, 2.24) is 9.88 Å². The monoisotopic (exact) mass is 267 g/mol. The number of aromatic nitrogens is 1. The maximum atomic E-state index is 12.4. The van der Waals surface area contributed by atoms with Crippen LogP contribution in [0.2, 0.25) is 0 Å². The number of aliphatic hydroxyl groups excluding tert-OH is 1. The Morgan fingerprint density at radius 1 is 1.58 bits per heavy atom. The third-order valence-corrected chi connectivity index (χ3v) is 3.52. The lowest BCUT2D eigenvalue weighted by Crippen LogP contribution is -2.46. The first-order valence-electron chi connectivity index (χ1n) is 6.73. The molecule has 0 aliphatic rings. The lowest BCUT2D eigenvalue weighted by Gasteiger charge is -2.29. The van der Waals surface area contributed by atoms with Crippen LogP contribution in [-0.4, -0.2) is 27.7 Å². The van der Waals surface area contributed by atoms with Gasteiger partial charge in [0.15, 0.2) is 0 Å². The van der Waals surface area contributed by atoms with Crippen molar-refractivity contribution in [3.8, 4) is 0 Å². The van der Waals surface area contributed by atoms with E-state index in [0.717, 1.165) is 6.42 Å². The number of carbonyl (C=O) groups is 1. The van der Waals surface area contributed by atoms with Crippen LogP contribution >= 0.6 is 0 Å². The Hall–Kier alpha value is -1.49. The Kier molecular flexibility index (Phi) is 5.00. The zero-order valence-electron chi connectivity index (χ0n) is 12.2. The number of hydrogen-bond acceptors (Lipinski definition) is 3. The van der Waals surface area contributed by atoms with E-state index in [2.05, 4.69) is 5.32 Å². The predicted octanol–water partition coefficient (Wildman–Crippen LogP) is 1.93. The predicted molar refractivity (Wildman–Crippen MR) is 77.1 cm³/mol. The summed E-state index contributed by atoms with van der Waals surface area (Å²) < 4.78 is 1.86. The first kappa shape index (κ1) is 15.6. The molecule has 0 saturated heterocycles. The fourth-order valence-corrected chi connectivity index (χ4v) is 2.02. The van der Waals surface area contributed by atoms with Gasteiger partial charge in [-0.3, -0.25) is 4.79 Å². The first-order valence-corrected chi connectivity index (χ1v) is 6.73. The summed E-state index contributed by atoms with van der Waals surface area (Å²) in [7, 11) is 0. The van der Waals surface area contributed by atoms with Crippen LogP contribution < -0.4 is 11.1 Å². The molecule has 0 spiro atoms. The summed E-state index contributed by atoms with van der Waals surface area (Å²) in [5.74, 6) is -0.150. The molecule has 1 heterocycles. The highest BCUT2D eigenvalue weighted by Crippen LogP contribution is 2.19. The minimum atomic E-state index is -0.396. The maximum Gasteiger partial charge on any atom is 0.268 e. The van der Waals surface area contributed by atoms with Crippen molar-refractivity contribution in [2.75, 3.05) is 12.3 Å². The molecule has 5 nitrogen and oxygen atoms in total. The zero-order valence-corrected chi connectivity index (χ0v) is 12.2. The van der Waals surface area contributed by atoms with Crippen LogP contribution in [0.3, 0.4) is 0 Å². The number of nitrogens with one attached hydrogen (secondary N) is 1. The SMILES string of the molecule is CCC(C)(CCO)NC(=O)c1cc(N)cn1C(C)C. The molecular formula is C14H25N3O2. The molecule has 1 aromatic rings. The Morgan fingerprint density at radius 3 is 2.68 bits per heavy atom. The Labute approximate surface area is 114 Å². The van der Waals surface area contributed by atoms with E-state index in [1.807, 2.05) is 32.3 Å². The smallest absolute Gasteiger partial charge is 0.268 e. The number of nitrogen functional groups attached to an aromatic ring is 1. The van der Waals surface area contributed by atoms with Crippen molar-refractivity contribution >= 4 is 11.6 Å². The van der Waals surface area contributed by atoms with Gasteiger partial charge in [0, 0.05) is 24.4 Å². The average molecular weight is 267 g/mol. The molecule has 0 saturated carbocycles. The minimum Gasteiger partial charge on any atom is -0.397 e. The second-order valence-corrected chi connectivity index (χ2v) is 5.50. The number of aliphatic hydroxyl groups is 1. The Balaban J connectivity index is 2.94. The van der Waals surface area contributed by atoms with Crippen molar-refractivity contribution in [3.05, 3.63) is 18.0 Å². The van der Waals surface area contributed by atoms with E-state index >= 15 is 0 Å². The molecule has 4 N–H and O–H groups in total. The average Bonchev–Trinajstić information content (AvgIpc) is 2.72. The van der Waals surface area contributed by atoms with Crippen molar-refractivity contribution in [2.24, 2.45) is 0 Å². The van der Waals surface area contributed by atoms with E-state index in [0.29, 0.717) is 17.8 Å². The van der Waals surface area contributed by atoms with Crippen molar-refractivity contribution in [2.45, 2.75) is 52.1 Å². The van der Waals surface area contributed by atoms with Gasteiger partial charge < -0.3 is 20.7 Å². The summed E-state index contributed by atoms with van der Waals surface area (Å²) in [6.45, 7) is 7.99. The standard InChI is InChI=1S/C14H25N3O2/c1-5-14(4,6-7-18)16-13(19)12-8-11(15)9-17(12)10(2)3/h8-10,18H,5-7,15H2,1-4H3,(H,16,19). The normalized spacial score (nSPS) is 14.4. The molecule has 19 heavy (non-hydrogen) atoms. The molecule has 0 bridgehead atoms. The van der Waals surface area contributed by atoms with Crippen LogP contribution in [0.25, 0.3) is 0 Å². The van der Waals surface area contributed by atoms with Gasteiger partial charge in [-0.2, -0.15) is 0 Å². The number of rotatable bonds is 6. The number of nitrogens with zero attached hydrogens (tertiary/aromatic N) is 1. The van der Waals surface area contributed by atoms with Gasteiger partial charge >= 0.3 is 0 Å². The van der Waals surface area contributed by atoms with Gasteiger partial charge in [-0.05, 0) is 39.7 Å². The van der Waals surface area contributed by atoms with E-state index in [1.165, 1.54) is 0 Å². The van der Waals surface area contributed by atoms with Gasteiger partial charge in [-0.1, -0.05) is 6.92 Å². The van der Waals surface area contributed by atoms with Crippen LogP contribution in [0, 0.1) is 0 Å². The molecule has 1 amide bonds. The summed E-state index contributed by atoms with van der Waals surface area (Å²) in [6, 6.07) is 1.86. The largest absolute Gasteiger partial charge is 0.397 e. The van der Waals surface area contributed by atoms with Gasteiger partial charge in [0.2, 0.25) is 0 Å². The summed E-state index contributed by atoms with van der Waals surface area (Å²) >= 11 is 0. The van der Waals surface area contributed by atoms with Gasteiger partial charge in [0.25, 0.3) is 5.91 Å². The van der Waals surface area contributed by atoms with Crippen LogP contribution in [0.15, 0.2) is 12.3 Å². The van der Waals surface area contributed by atoms with E-state index in [1.54, 1.807) is 12.3 Å². The molecule has 1 rings (SSSR count). The van der Waals surface area contributed by atoms with Crippen molar-refractivity contribution < 1.29 is 9.90 Å². The minimum absolute atomic E-state index is 0.0535. The third-order valence-electron chi connectivity index (χ3n) is 3.52. The van der Waals surface area contributed by atoms with E-state index in [-0.39, 0.29) is 18.6 Å². The van der Waals surface area contributed by atoms with Crippen molar-refractivity contribution in [1.29, 1.82) is 0 Å². The fourth-order valence-electron chi connectivity index (χ4n) is 2.02. The fraction of sp³-hybridized carbons (Fsp3) is 0.643. The number of carbonyl (C=O) groups excluding carboxylic acids is 1. The zero-order chi connectivity index (χ0) is 14.6. The number of amides is 1. The quantitative estimate of drug-likeness (QED) is 0.736. The number of nitrogens with two attached hydrogens (primary N) is 1. The molecule has 0 aliphatic carbocycles.